The monoisotopic (exact) mass is 269 g/mol. The van der Waals surface area contributed by atoms with Crippen LogP contribution in [0, 0.1) is 0 Å². The third-order valence-corrected chi connectivity index (χ3v) is 3.35. The van der Waals surface area contributed by atoms with Crippen molar-refractivity contribution >= 4 is 6.03 Å². The smallest absolute Gasteiger partial charge is 0.317 e. The third kappa shape index (κ3) is 3.57. The molecule has 1 unspecified atom stereocenters. The van der Waals surface area contributed by atoms with Gasteiger partial charge in [0.2, 0.25) is 0 Å². The van der Waals surface area contributed by atoms with Crippen LogP contribution in [0.5, 0.6) is 0 Å². The van der Waals surface area contributed by atoms with E-state index in [4.69, 9.17) is 0 Å². The first-order chi connectivity index (χ1) is 9.68. The molecule has 0 bridgehead atoms. The van der Waals surface area contributed by atoms with Crippen LogP contribution in [0.3, 0.4) is 0 Å². The highest BCUT2D eigenvalue weighted by Gasteiger charge is 2.16. The van der Waals surface area contributed by atoms with E-state index < -0.39 is 0 Å². The lowest BCUT2D eigenvalue weighted by molar-refractivity contribution is 0.194. The molecule has 0 fully saturated rings. The number of benzene rings is 1. The number of rotatable bonds is 4. The van der Waals surface area contributed by atoms with Crippen LogP contribution in [0.2, 0.25) is 0 Å². The predicted octanol–water partition coefficient (Wildman–Crippen LogP) is 2.98. The fourth-order valence-electron chi connectivity index (χ4n) is 1.94. The number of nitrogens with zero attached hydrogens (tertiary/aromatic N) is 2. The first-order valence-corrected chi connectivity index (χ1v) is 6.63. The molecule has 2 amide bonds. The maximum absolute atomic E-state index is 12.1. The highest BCUT2D eigenvalue weighted by Crippen LogP contribution is 2.17. The number of hydrogen-bond donors (Lipinski definition) is 1. The Morgan fingerprint density at radius 1 is 1.25 bits per heavy atom. The van der Waals surface area contributed by atoms with Gasteiger partial charge in [0.05, 0.1) is 6.04 Å². The van der Waals surface area contributed by atoms with E-state index in [0.717, 1.165) is 11.1 Å². The summed E-state index contributed by atoms with van der Waals surface area (Å²) in [6.45, 7) is 2.50. The van der Waals surface area contributed by atoms with Gasteiger partial charge in [0.15, 0.2) is 0 Å². The van der Waals surface area contributed by atoms with Gasteiger partial charge in [-0.2, -0.15) is 0 Å². The maximum atomic E-state index is 12.1. The fourth-order valence-corrected chi connectivity index (χ4v) is 1.94. The van der Waals surface area contributed by atoms with Crippen LogP contribution in [0.1, 0.15) is 24.1 Å². The molecule has 2 rings (SSSR count). The summed E-state index contributed by atoms with van der Waals surface area (Å²) in [4.78, 5) is 17.9. The molecule has 20 heavy (non-hydrogen) atoms. The van der Waals surface area contributed by atoms with E-state index in [0.29, 0.717) is 6.54 Å². The molecule has 1 aromatic carbocycles. The van der Waals surface area contributed by atoms with E-state index in [9.17, 15) is 4.79 Å². The lowest BCUT2D eigenvalue weighted by atomic mass is 10.1. The molecule has 0 radical (unpaired) electrons. The molecule has 0 aliphatic carbocycles. The Hall–Kier alpha value is -2.36. The molecule has 0 aliphatic heterocycles. The summed E-state index contributed by atoms with van der Waals surface area (Å²) < 4.78 is 0. The predicted molar refractivity (Wildman–Crippen MR) is 79.1 cm³/mol. The second-order valence-corrected chi connectivity index (χ2v) is 4.72. The molecule has 1 N–H and O–H groups in total. The molecule has 0 saturated carbocycles. The Bertz CT molecular complexity index is 542. The lowest BCUT2D eigenvalue weighted by Crippen LogP contribution is -2.38. The number of nitrogens with one attached hydrogen (secondary N) is 1. The zero-order chi connectivity index (χ0) is 14.4. The molecule has 0 aliphatic rings. The molecule has 4 nitrogen and oxygen atoms in total. The highest BCUT2D eigenvalue weighted by atomic mass is 16.2. The maximum Gasteiger partial charge on any atom is 0.317 e. The quantitative estimate of drug-likeness (QED) is 0.927. The zero-order valence-electron chi connectivity index (χ0n) is 11.8. The Labute approximate surface area is 119 Å². The minimum absolute atomic E-state index is 0.0325. The number of amides is 2. The van der Waals surface area contributed by atoms with E-state index in [-0.39, 0.29) is 12.1 Å². The Morgan fingerprint density at radius 2 is 2.00 bits per heavy atom. The average molecular weight is 269 g/mol. The van der Waals surface area contributed by atoms with Crippen molar-refractivity contribution in [3.63, 3.8) is 0 Å². The molecule has 104 valence electrons. The summed E-state index contributed by atoms with van der Waals surface area (Å²) in [5.74, 6) is 0. The van der Waals surface area contributed by atoms with Gasteiger partial charge in [0.1, 0.15) is 0 Å². The van der Waals surface area contributed by atoms with Crippen LogP contribution in [0.25, 0.3) is 0 Å². The van der Waals surface area contributed by atoms with Crippen molar-refractivity contribution in [1.82, 2.24) is 15.2 Å². The lowest BCUT2D eigenvalue weighted by Gasteiger charge is -2.25. The summed E-state index contributed by atoms with van der Waals surface area (Å²) >= 11 is 0. The molecular weight excluding hydrogens is 250 g/mol. The van der Waals surface area contributed by atoms with Crippen molar-refractivity contribution < 1.29 is 4.79 Å². The second kappa shape index (κ2) is 6.70. The van der Waals surface area contributed by atoms with Gasteiger partial charge in [0, 0.05) is 26.0 Å². The van der Waals surface area contributed by atoms with E-state index in [1.165, 1.54) is 0 Å². The van der Waals surface area contributed by atoms with Gasteiger partial charge < -0.3 is 10.2 Å². The minimum Gasteiger partial charge on any atom is -0.334 e. The number of carbonyl (C=O) groups is 1. The highest BCUT2D eigenvalue weighted by molar-refractivity contribution is 5.74. The number of pyridine rings is 1. The Kier molecular flexibility index (Phi) is 4.71. The molecule has 2 aromatic rings. The van der Waals surface area contributed by atoms with Gasteiger partial charge in [-0.3, -0.25) is 4.98 Å². The van der Waals surface area contributed by atoms with Gasteiger partial charge in [-0.05, 0) is 24.1 Å². The van der Waals surface area contributed by atoms with Crippen molar-refractivity contribution in [1.29, 1.82) is 0 Å². The van der Waals surface area contributed by atoms with Gasteiger partial charge >= 0.3 is 6.03 Å². The normalized spacial score (nSPS) is 11.7. The van der Waals surface area contributed by atoms with Crippen LogP contribution < -0.4 is 5.32 Å². The Morgan fingerprint density at radius 3 is 2.65 bits per heavy atom. The van der Waals surface area contributed by atoms with E-state index in [1.807, 2.05) is 49.4 Å². The topological polar surface area (TPSA) is 45.2 Å². The summed E-state index contributed by atoms with van der Waals surface area (Å²) in [7, 11) is 1.80. The molecule has 0 saturated heterocycles. The Balaban J connectivity index is 1.92. The molecule has 0 spiro atoms. The average Bonchev–Trinajstić information content (AvgIpc) is 2.53. The summed E-state index contributed by atoms with van der Waals surface area (Å²) in [6.07, 6.45) is 3.47. The van der Waals surface area contributed by atoms with Crippen molar-refractivity contribution in [2.24, 2.45) is 0 Å². The molecule has 1 atom stereocenters. The van der Waals surface area contributed by atoms with Crippen LogP contribution in [0.4, 0.5) is 4.79 Å². The van der Waals surface area contributed by atoms with Gasteiger partial charge in [-0.25, -0.2) is 4.79 Å². The first kappa shape index (κ1) is 14.1. The number of urea groups is 1. The number of aromatic nitrogens is 1. The van der Waals surface area contributed by atoms with Crippen molar-refractivity contribution in [2.75, 3.05) is 7.05 Å². The minimum atomic E-state index is -0.0924. The SMILES string of the molecule is CC(c1ccccc1)N(C)C(=O)NCc1cccnc1. The fraction of sp³-hybridized carbons (Fsp3) is 0.250. The van der Waals surface area contributed by atoms with Crippen LogP contribution in [-0.2, 0) is 6.54 Å². The summed E-state index contributed by atoms with van der Waals surface area (Å²) in [5, 5.41) is 2.90. The van der Waals surface area contributed by atoms with Crippen LogP contribution >= 0.6 is 0 Å². The summed E-state index contributed by atoms with van der Waals surface area (Å²) in [5.41, 5.74) is 2.10. The summed E-state index contributed by atoms with van der Waals surface area (Å²) in [6, 6.07) is 13.7. The van der Waals surface area contributed by atoms with E-state index in [1.54, 1.807) is 24.3 Å². The molecule has 1 aromatic heterocycles. The number of carbonyl (C=O) groups excluding carboxylic acids is 1. The van der Waals surface area contributed by atoms with Gasteiger partial charge in [-0.15, -0.1) is 0 Å². The standard InChI is InChI=1S/C16H19N3O/c1-13(15-8-4-3-5-9-15)19(2)16(20)18-12-14-7-6-10-17-11-14/h3-11,13H,12H2,1-2H3,(H,18,20). The zero-order valence-corrected chi connectivity index (χ0v) is 11.8. The number of hydrogen-bond acceptors (Lipinski definition) is 2. The van der Waals surface area contributed by atoms with E-state index >= 15 is 0 Å². The molecule has 4 heteroatoms. The first-order valence-electron chi connectivity index (χ1n) is 6.63. The van der Waals surface area contributed by atoms with Crippen molar-refractivity contribution in [3.8, 4) is 0 Å². The van der Waals surface area contributed by atoms with Crippen LogP contribution in [0.15, 0.2) is 54.9 Å². The third-order valence-electron chi connectivity index (χ3n) is 3.35. The van der Waals surface area contributed by atoms with Gasteiger partial charge in [0.25, 0.3) is 0 Å². The second-order valence-electron chi connectivity index (χ2n) is 4.72. The van der Waals surface area contributed by atoms with E-state index in [2.05, 4.69) is 10.3 Å². The van der Waals surface area contributed by atoms with Gasteiger partial charge in [-0.1, -0.05) is 36.4 Å². The van der Waals surface area contributed by atoms with Crippen LogP contribution in [-0.4, -0.2) is 23.0 Å². The largest absolute Gasteiger partial charge is 0.334 e. The van der Waals surface area contributed by atoms with Crippen molar-refractivity contribution in [3.05, 3.63) is 66.0 Å². The molecule has 1 heterocycles. The van der Waals surface area contributed by atoms with Crippen molar-refractivity contribution in [2.45, 2.75) is 19.5 Å². The molecular formula is C16H19N3O.